The third-order valence-electron chi connectivity index (χ3n) is 3.25. The number of hydrogen-bond donors (Lipinski definition) is 0. The molecule has 0 spiro atoms. The second-order valence-corrected chi connectivity index (χ2v) is 5.20. The van der Waals surface area contributed by atoms with Crippen LogP contribution in [0.4, 0.5) is 0 Å². The normalized spacial score (nSPS) is 23.9. The minimum absolute atomic E-state index is 0.143. The predicted octanol–water partition coefficient (Wildman–Crippen LogP) is 6.42. The second-order valence-electron chi connectivity index (χ2n) is 5.20. The Morgan fingerprint density at radius 3 is 1.71 bits per heavy atom. The van der Waals surface area contributed by atoms with E-state index < -0.39 is 38.4 Å². The van der Waals surface area contributed by atoms with Crippen molar-refractivity contribution in [2.24, 2.45) is 0 Å². The zero-order chi connectivity index (χ0) is 20.8. The summed E-state index contributed by atoms with van der Waals surface area (Å²) in [5.74, 6) is -0.269. The van der Waals surface area contributed by atoms with Crippen LogP contribution >= 0.6 is 0 Å². The highest BCUT2D eigenvalue weighted by molar-refractivity contribution is 5.68. The van der Waals surface area contributed by atoms with E-state index in [0.29, 0.717) is 32.1 Å². The van der Waals surface area contributed by atoms with E-state index in [1.807, 2.05) is 0 Å². The van der Waals surface area contributed by atoms with E-state index in [-0.39, 0.29) is 18.8 Å². The molecule has 2 heteroatoms. The fourth-order valence-corrected chi connectivity index (χ4v) is 1.92. The highest BCUT2D eigenvalue weighted by Crippen LogP contribution is 2.13. The Bertz CT molecular complexity index is 385. The van der Waals surface area contributed by atoms with Crippen LogP contribution in [0.2, 0.25) is 0 Å². The molecule has 6 unspecified atom stereocenters. The van der Waals surface area contributed by atoms with E-state index in [4.69, 9.17) is 8.22 Å². The molecule has 0 saturated heterocycles. The quantitative estimate of drug-likeness (QED) is 0.243. The summed E-state index contributed by atoms with van der Waals surface area (Å²) in [5, 5.41) is 0. The Morgan fingerprint density at radius 1 is 0.762 bits per heavy atom. The lowest BCUT2D eigenvalue weighted by Gasteiger charge is -2.03. The molecular formula is C19H38O2. The smallest absolute Gasteiger partial charge is 0.305 e. The zero-order valence-corrected chi connectivity index (χ0v) is 13.9. The first-order valence-corrected chi connectivity index (χ1v) is 8.33. The van der Waals surface area contributed by atoms with Crippen molar-refractivity contribution in [3.05, 3.63) is 0 Å². The molecule has 0 aromatic rings. The molecule has 0 aromatic carbocycles. The van der Waals surface area contributed by atoms with Gasteiger partial charge in [0.1, 0.15) is 0 Å². The van der Waals surface area contributed by atoms with Crippen LogP contribution in [0.25, 0.3) is 0 Å². The molecule has 0 heterocycles. The molecule has 126 valence electrons. The van der Waals surface area contributed by atoms with Gasteiger partial charge in [0.15, 0.2) is 0 Å². The lowest BCUT2D eigenvalue weighted by Crippen LogP contribution is -1.99. The average molecular weight is 305 g/mol. The number of ether oxygens (including phenoxy) is 1. The highest BCUT2D eigenvalue weighted by Gasteiger charge is 1.99. The van der Waals surface area contributed by atoms with Gasteiger partial charge in [-0.15, -0.1) is 0 Å². The first-order chi connectivity index (χ1) is 12.7. The summed E-state index contributed by atoms with van der Waals surface area (Å²) < 4.78 is 52.9. The van der Waals surface area contributed by atoms with Crippen LogP contribution in [-0.4, -0.2) is 13.1 Å². The molecule has 0 N–H and O–H groups in total. The number of carbonyl (C=O) groups excluding carboxylic acids is 1. The summed E-state index contributed by atoms with van der Waals surface area (Å²) in [4.78, 5) is 11.0. The fourth-order valence-electron chi connectivity index (χ4n) is 1.92. The van der Waals surface area contributed by atoms with Crippen LogP contribution in [0, 0.1) is 0 Å². The van der Waals surface area contributed by atoms with Gasteiger partial charge in [-0.05, 0) is 6.42 Å². The average Bonchev–Trinajstić information content (AvgIpc) is 2.64. The first kappa shape index (κ1) is 12.0. The van der Waals surface area contributed by atoms with Crippen LogP contribution in [0.5, 0.6) is 0 Å². The standard InChI is InChI=1S/C19H38O2/c1-3-4-5-6-7-8-9-10-11-12-13-14-15-16-17-18-19(20)21-2/h3-18H2,1-2H3/i7D,8D,10D,11D,13D,14D. The molecule has 0 bridgehead atoms. The van der Waals surface area contributed by atoms with Crippen molar-refractivity contribution < 1.29 is 17.8 Å². The van der Waals surface area contributed by atoms with Gasteiger partial charge in [0.2, 0.25) is 0 Å². The lowest BCUT2D eigenvalue weighted by atomic mass is 10.0. The molecule has 0 rings (SSSR count). The summed E-state index contributed by atoms with van der Waals surface area (Å²) in [7, 11) is 1.34. The maximum absolute atomic E-state index is 11.0. The molecule has 0 aliphatic rings. The number of rotatable bonds is 16. The van der Waals surface area contributed by atoms with Crippen LogP contribution in [0.15, 0.2) is 0 Å². The van der Waals surface area contributed by atoms with Gasteiger partial charge in [-0.25, -0.2) is 0 Å². The Balaban J connectivity index is 4.13. The van der Waals surface area contributed by atoms with Crippen molar-refractivity contribution in [2.45, 2.75) is 110 Å². The summed E-state index contributed by atoms with van der Waals surface area (Å²) in [6.45, 7) is 2.09. The summed E-state index contributed by atoms with van der Waals surface area (Å²) in [5.41, 5.74) is 0. The molecule has 2 nitrogen and oxygen atoms in total. The van der Waals surface area contributed by atoms with E-state index >= 15 is 0 Å². The van der Waals surface area contributed by atoms with Gasteiger partial charge in [-0.3, -0.25) is 4.79 Å². The van der Waals surface area contributed by atoms with Crippen molar-refractivity contribution in [3.8, 4) is 0 Å². The van der Waals surface area contributed by atoms with Crippen molar-refractivity contribution in [1.29, 1.82) is 0 Å². The summed E-state index contributed by atoms with van der Waals surface area (Å²) in [6.07, 6.45) is 2.03. The first-order valence-electron chi connectivity index (χ1n) is 11.8. The molecule has 0 amide bonds. The van der Waals surface area contributed by atoms with Crippen LogP contribution in [0.3, 0.4) is 0 Å². The van der Waals surface area contributed by atoms with Gasteiger partial charge in [0.05, 0.1) is 7.11 Å². The fraction of sp³-hybridized carbons (Fsp3) is 0.947. The molecule has 6 atom stereocenters. The van der Waals surface area contributed by atoms with Crippen LogP contribution < -0.4 is 0 Å². The Morgan fingerprint density at radius 2 is 1.24 bits per heavy atom. The van der Waals surface area contributed by atoms with E-state index in [1.54, 1.807) is 0 Å². The third-order valence-corrected chi connectivity index (χ3v) is 3.25. The Labute approximate surface area is 141 Å². The summed E-state index contributed by atoms with van der Waals surface area (Å²) in [6, 6.07) is 0. The zero-order valence-electron chi connectivity index (χ0n) is 19.9. The van der Waals surface area contributed by atoms with E-state index in [1.165, 1.54) is 7.11 Å². The molecule has 0 aliphatic carbocycles. The van der Waals surface area contributed by atoms with Crippen molar-refractivity contribution in [1.82, 2.24) is 0 Å². The SMILES string of the molecule is [2H]C(CCCCC)C([2H])CC([2H])C([2H])CC([2H])C([2H])CCCCC(=O)OC. The van der Waals surface area contributed by atoms with Crippen molar-refractivity contribution >= 4 is 5.97 Å². The van der Waals surface area contributed by atoms with E-state index in [0.717, 1.165) is 19.3 Å². The number of unbranched alkanes of at least 4 members (excludes halogenated alkanes) is 3. The minimum Gasteiger partial charge on any atom is -0.469 e. The van der Waals surface area contributed by atoms with Gasteiger partial charge in [-0.2, -0.15) is 0 Å². The third kappa shape index (κ3) is 17.4. The lowest BCUT2D eigenvalue weighted by molar-refractivity contribution is -0.140. The van der Waals surface area contributed by atoms with Crippen LogP contribution in [-0.2, 0) is 9.53 Å². The topological polar surface area (TPSA) is 26.3 Å². The van der Waals surface area contributed by atoms with E-state index in [9.17, 15) is 4.79 Å². The molecule has 0 aliphatic heterocycles. The second kappa shape index (κ2) is 17.5. The number of methoxy groups -OCH3 is 1. The summed E-state index contributed by atoms with van der Waals surface area (Å²) >= 11 is 0. The number of esters is 1. The monoisotopic (exact) mass is 304 g/mol. The van der Waals surface area contributed by atoms with Gasteiger partial charge >= 0.3 is 5.97 Å². The van der Waals surface area contributed by atoms with Crippen molar-refractivity contribution in [2.75, 3.05) is 7.11 Å². The van der Waals surface area contributed by atoms with Crippen LogP contribution in [0.1, 0.15) is 118 Å². The molecule has 0 saturated carbocycles. The number of carbonyl (C=O) groups is 1. The molecule has 21 heavy (non-hydrogen) atoms. The predicted molar refractivity (Wildman–Crippen MR) is 91.6 cm³/mol. The van der Waals surface area contributed by atoms with Crippen molar-refractivity contribution in [3.63, 3.8) is 0 Å². The molecule has 0 fully saturated rings. The van der Waals surface area contributed by atoms with Gasteiger partial charge < -0.3 is 4.74 Å². The number of hydrogen-bond acceptors (Lipinski definition) is 2. The minimum atomic E-state index is -0.800. The Hall–Kier alpha value is -0.530. The molecule has 0 aromatic heterocycles. The highest BCUT2D eigenvalue weighted by atomic mass is 16.5. The molecular weight excluding hydrogens is 260 g/mol. The molecule has 0 radical (unpaired) electrons. The largest absolute Gasteiger partial charge is 0.469 e. The van der Waals surface area contributed by atoms with Gasteiger partial charge in [0, 0.05) is 14.6 Å². The van der Waals surface area contributed by atoms with Gasteiger partial charge in [-0.1, -0.05) is 96.7 Å². The van der Waals surface area contributed by atoms with E-state index in [2.05, 4.69) is 11.7 Å². The Kier molecular flexibility index (Phi) is 9.98. The maximum Gasteiger partial charge on any atom is 0.305 e. The van der Waals surface area contributed by atoms with Gasteiger partial charge in [0.25, 0.3) is 0 Å². The maximum atomic E-state index is 11.0.